The van der Waals surface area contributed by atoms with E-state index in [4.69, 9.17) is 0 Å². The second-order valence-corrected chi connectivity index (χ2v) is 10.8. The average molecular weight is 564 g/mol. The number of carboxylic acids is 1. The molecule has 1 aliphatic rings. The van der Waals surface area contributed by atoms with Crippen LogP contribution in [0.1, 0.15) is 37.8 Å². The SMILES string of the molecule is CC(C)C(NC(=O)C(Cc1ccc(O)cc1)NC(=O)C(Cc1c[nH]c2ccccc12)NC(=O)C1CCCN1)C(=O)O. The van der Waals surface area contributed by atoms with Gasteiger partial charge in [0.15, 0.2) is 0 Å². The van der Waals surface area contributed by atoms with Gasteiger partial charge >= 0.3 is 5.97 Å². The third-order valence-corrected chi connectivity index (χ3v) is 7.35. The normalized spacial score (nSPS) is 17.1. The lowest BCUT2D eigenvalue weighted by Gasteiger charge is -2.26. The van der Waals surface area contributed by atoms with Crippen LogP contribution in [-0.4, -0.2) is 69.6 Å². The Morgan fingerprint density at radius 3 is 2.27 bits per heavy atom. The van der Waals surface area contributed by atoms with E-state index < -0.39 is 47.9 Å². The third kappa shape index (κ3) is 7.63. The van der Waals surface area contributed by atoms with Gasteiger partial charge in [-0.3, -0.25) is 14.4 Å². The number of aliphatic carboxylic acids is 1. The molecule has 7 N–H and O–H groups in total. The number of aromatic nitrogens is 1. The second kappa shape index (κ2) is 13.3. The highest BCUT2D eigenvalue weighted by atomic mass is 16.4. The number of para-hydroxylation sites is 1. The van der Waals surface area contributed by atoms with Gasteiger partial charge in [-0.05, 0) is 54.6 Å². The molecule has 11 heteroatoms. The molecule has 2 heterocycles. The van der Waals surface area contributed by atoms with Crippen LogP contribution >= 0.6 is 0 Å². The predicted octanol–water partition coefficient (Wildman–Crippen LogP) is 1.61. The van der Waals surface area contributed by atoms with E-state index in [-0.39, 0.29) is 24.5 Å². The van der Waals surface area contributed by atoms with Gasteiger partial charge in [-0.1, -0.05) is 44.2 Å². The van der Waals surface area contributed by atoms with E-state index in [1.54, 1.807) is 32.2 Å². The summed E-state index contributed by atoms with van der Waals surface area (Å²) in [5.41, 5.74) is 2.36. The summed E-state index contributed by atoms with van der Waals surface area (Å²) in [6.07, 6.45) is 3.52. The lowest BCUT2D eigenvalue weighted by molar-refractivity contribution is -0.143. The topological polar surface area (TPSA) is 173 Å². The number of phenols is 1. The molecule has 4 atom stereocenters. The van der Waals surface area contributed by atoms with E-state index in [2.05, 4.69) is 26.3 Å². The number of aromatic amines is 1. The van der Waals surface area contributed by atoms with Crippen LogP contribution in [0.3, 0.4) is 0 Å². The van der Waals surface area contributed by atoms with E-state index in [1.807, 2.05) is 24.3 Å². The molecule has 1 fully saturated rings. The molecule has 1 aliphatic heterocycles. The molecule has 41 heavy (non-hydrogen) atoms. The molecule has 4 rings (SSSR count). The van der Waals surface area contributed by atoms with Crippen molar-refractivity contribution >= 4 is 34.6 Å². The molecule has 4 unspecified atom stereocenters. The molecule has 2 aromatic carbocycles. The molecule has 11 nitrogen and oxygen atoms in total. The molecule has 1 saturated heterocycles. The molecular formula is C30H37N5O6. The highest BCUT2D eigenvalue weighted by molar-refractivity contribution is 5.95. The highest BCUT2D eigenvalue weighted by Gasteiger charge is 2.33. The zero-order chi connectivity index (χ0) is 29.5. The van der Waals surface area contributed by atoms with Crippen LogP contribution in [0.2, 0.25) is 0 Å². The Morgan fingerprint density at radius 1 is 0.927 bits per heavy atom. The smallest absolute Gasteiger partial charge is 0.326 e. The fraction of sp³-hybridized carbons (Fsp3) is 0.400. The van der Waals surface area contributed by atoms with Crippen molar-refractivity contribution in [3.63, 3.8) is 0 Å². The molecule has 1 aromatic heterocycles. The Bertz CT molecular complexity index is 1380. The zero-order valence-electron chi connectivity index (χ0n) is 23.1. The Balaban J connectivity index is 1.59. The van der Waals surface area contributed by atoms with Crippen molar-refractivity contribution in [3.8, 4) is 5.75 Å². The van der Waals surface area contributed by atoms with Crippen molar-refractivity contribution in [2.24, 2.45) is 5.92 Å². The number of fused-ring (bicyclic) bond motifs is 1. The minimum absolute atomic E-state index is 0.0419. The third-order valence-electron chi connectivity index (χ3n) is 7.35. The Kier molecular flexibility index (Phi) is 9.61. The first-order valence-corrected chi connectivity index (χ1v) is 13.8. The van der Waals surface area contributed by atoms with Crippen molar-refractivity contribution < 1.29 is 29.4 Å². The molecule has 0 radical (unpaired) electrons. The standard InChI is InChI=1S/C30H37N5O6/c1-17(2)26(30(40)41)35-29(39)24(14-18-9-11-20(36)12-10-18)33-28(38)25(34-27(37)23-8-5-13-31-23)15-19-16-32-22-7-4-3-6-21(19)22/h3-4,6-7,9-12,16-17,23-26,31-32,36H,5,8,13-15H2,1-2H3,(H,33,38)(H,34,37)(H,35,39)(H,40,41). The lowest BCUT2D eigenvalue weighted by Crippen LogP contribution is -2.58. The van der Waals surface area contributed by atoms with Crippen LogP contribution in [0, 0.1) is 5.92 Å². The fourth-order valence-corrected chi connectivity index (χ4v) is 5.03. The summed E-state index contributed by atoms with van der Waals surface area (Å²) >= 11 is 0. The Labute approximate surface area is 238 Å². The van der Waals surface area contributed by atoms with E-state index in [9.17, 15) is 29.4 Å². The number of H-pyrrole nitrogens is 1. The number of hydrogen-bond acceptors (Lipinski definition) is 6. The summed E-state index contributed by atoms with van der Waals surface area (Å²) in [7, 11) is 0. The number of rotatable bonds is 12. The van der Waals surface area contributed by atoms with Crippen molar-refractivity contribution in [1.29, 1.82) is 0 Å². The molecule has 0 aliphatic carbocycles. The van der Waals surface area contributed by atoms with Gasteiger partial charge < -0.3 is 36.5 Å². The van der Waals surface area contributed by atoms with Crippen molar-refractivity contribution in [3.05, 3.63) is 65.9 Å². The van der Waals surface area contributed by atoms with Crippen LogP contribution < -0.4 is 21.3 Å². The minimum atomic E-state index is -1.18. The number of aromatic hydroxyl groups is 1. The van der Waals surface area contributed by atoms with Gasteiger partial charge in [-0.2, -0.15) is 0 Å². The largest absolute Gasteiger partial charge is 0.508 e. The second-order valence-electron chi connectivity index (χ2n) is 10.8. The molecule has 0 spiro atoms. The number of amides is 3. The van der Waals surface area contributed by atoms with Gasteiger partial charge in [0.05, 0.1) is 6.04 Å². The lowest BCUT2D eigenvalue weighted by atomic mass is 10.00. The number of nitrogens with one attached hydrogen (secondary N) is 5. The molecule has 3 amide bonds. The van der Waals surface area contributed by atoms with E-state index in [1.165, 1.54) is 12.1 Å². The van der Waals surface area contributed by atoms with E-state index >= 15 is 0 Å². The zero-order valence-corrected chi connectivity index (χ0v) is 23.1. The van der Waals surface area contributed by atoms with Crippen LogP contribution in [-0.2, 0) is 32.0 Å². The molecular weight excluding hydrogens is 526 g/mol. The van der Waals surface area contributed by atoms with Crippen molar-refractivity contribution in [2.45, 2.75) is 63.7 Å². The maximum Gasteiger partial charge on any atom is 0.326 e. The number of carbonyl (C=O) groups excluding carboxylic acids is 3. The van der Waals surface area contributed by atoms with Gasteiger partial charge in [-0.15, -0.1) is 0 Å². The number of hydrogen-bond donors (Lipinski definition) is 7. The number of benzene rings is 2. The van der Waals surface area contributed by atoms with Gasteiger partial charge in [-0.25, -0.2) is 4.79 Å². The Morgan fingerprint density at radius 2 is 1.61 bits per heavy atom. The van der Waals surface area contributed by atoms with Crippen LogP contribution in [0.5, 0.6) is 5.75 Å². The maximum absolute atomic E-state index is 13.8. The van der Waals surface area contributed by atoms with Crippen molar-refractivity contribution in [1.82, 2.24) is 26.3 Å². The molecule has 3 aromatic rings. The first-order valence-electron chi connectivity index (χ1n) is 13.8. The Hall–Kier alpha value is -4.38. The summed E-state index contributed by atoms with van der Waals surface area (Å²) in [5, 5.41) is 31.5. The number of phenolic OH excluding ortho intramolecular Hbond substituents is 1. The number of carbonyl (C=O) groups is 4. The summed E-state index contributed by atoms with van der Waals surface area (Å²) in [6, 6.07) is 10.1. The van der Waals surface area contributed by atoms with E-state index in [0.717, 1.165) is 22.9 Å². The highest BCUT2D eigenvalue weighted by Crippen LogP contribution is 2.20. The first kappa shape index (κ1) is 29.6. The average Bonchev–Trinajstić information content (AvgIpc) is 3.62. The van der Waals surface area contributed by atoms with Crippen LogP contribution in [0.15, 0.2) is 54.7 Å². The van der Waals surface area contributed by atoms with Crippen molar-refractivity contribution in [2.75, 3.05) is 6.54 Å². The van der Waals surface area contributed by atoms with E-state index in [0.29, 0.717) is 18.5 Å². The van der Waals surface area contributed by atoms with Gasteiger partial charge in [0.1, 0.15) is 23.9 Å². The maximum atomic E-state index is 13.8. The monoisotopic (exact) mass is 563 g/mol. The summed E-state index contributed by atoms with van der Waals surface area (Å²) in [5.74, 6) is -3.07. The molecule has 0 bridgehead atoms. The summed E-state index contributed by atoms with van der Waals surface area (Å²) < 4.78 is 0. The molecule has 218 valence electrons. The number of carboxylic acid groups (broad SMARTS) is 1. The fourth-order valence-electron chi connectivity index (χ4n) is 5.03. The first-order chi connectivity index (χ1) is 19.6. The van der Waals surface area contributed by atoms with Gasteiger partial charge in [0.2, 0.25) is 17.7 Å². The van der Waals surface area contributed by atoms with Gasteiger partial charge in [0.25, 0.3) is 0 Å². The summed E-state index contributed by atoms with van der Waals surface area (Å²) in [4.78, 5) is 55.2. The summed E-state index contributed by atoms with van der Waals surface area (Å²) in [6.45, 7) is 4.07. The quantitative estimate of drug-likeness (QED) is 0.175. The van der Waals surface area contributed by atoms with Crippen LogP contribution in [0.25, 0.3) is 10.9 Å². The van der Waals surface area contributed by atoms with Crippen LogP contribution in [0.4, 0.5) is 0 Å². The van der Waals surface area contributed by atoms with Gasteiger partial charge in [0, 0.05) is 29.9 Å². The molecule has 0 saturated carbocycles. The minimum Gasteiger partial charge on any atom is -0.508 e. The predicted molar refractivity (Wildman–Crippen MR) is 153 cm³/mol.